The maximum absolute atomic E-state index is 12.2. The number of unbranched alkanes of at least 4 members (excludes halogenated alkanes) is 3. The van der Waals surface area contributed by atoms with Crippen LogP contribution in [-0.4, -0.2) is 19.1 Å². The molecule has 0 aromatic heterocycles. The molecule has 1 amide bonds. The summed E-state index contributed by atoms with van der Waals surface area (Å²) in [5, 5.41) is 6.13. The van der Waals surface area contributed by atoms with E-state index >= 15 is 0 Å². The summed E-state index contributed by atoms with van der Waals surface area (Å²) in [5.41, 5.74) is 4.07. The highest BCUT2D eigenvalue weighted by Gasteiger charge is 2.06. The molecule has 0 saturated heterocycles. The van der Waals surface area contributed by atoms with Gasteiger partial charge in [0.2, 0.25) is 5.91 Å². The van der Waals surface area contributed by atoms with Gasteiger partial charge in [0.25, 0.3) is 0 Å². The van der Waals surface area contributed by atoms with Crippen LogP contribution < -0.4 is 15.4 Å². The van der Waals surface area contributed by atoms with Gasteiger partial charge in [0.05, 0.1) is 13.2 Å². The number of anilines is 2. The van der Waals surface area contributed by atoms with Gasteiger partial charge in [-0.2, -0.15) is 0 Å². The van der Waals surface area contributed by atoms with E-state index in [9.17, 15) is 4.79 Å². The Morgan fingerprint density at radius 1 is 0.962 bits per heavy atom. The van der Waals surface area contributed by atoms with Crippen molar-refractivity contribution in [2.75, 3.05) is 23.8 Å². The normalized spacial score (nSPS) is 10.4. The zero-order chi connectivity index (χ0) is 18.8. The van der Waals surface area contributed by atoms with Crippen LogP contribution in [0, 0.1) is 13.8 Å². The monoisotopic (exact) mass is 354 g/mol. The van der Waals surface area contributed by atoms with Crippen LogP contribution in [-0.2, 0) is 4.79 Å². The molecule has 2 rings (SSSR count). The van der Waals surface area contributed by atoms with Gasteiger partial charge in [0, 0.05) is 11.4 Å². The first-order valence-corrected chi connectivity index (χ1v) is 9.43. The topological polar surface area (TPSA) is 50.4 Å². The summed E-state index contributed by atoms with van der Waals surface area (Å²) in [6, 6.07) is 13.6. The smallest absolute Gasteiger partial charge is 0.243 e. The molecule has 0 bridgehead atoms. The molecule has 0 aliphatic carbocycles. The second kappa shape index (κ2) is 10.5. The number of carbonyl (C=O) groups is 1. The first kappa shape index (κ1) is 19.8. The van der Waals surface area contributed by atoms with Crippen molar-refractivity contribution in [2.24, 2.45) is 0 Å². The summed E-state index contributed by atoms with van der Waals surface area (Å²) in [7, 11) is 0. The number of hydrogen-bond donors (Lipinski definition) is 2. The van der Waals surface area contributed by atoms with Gasteiger partial charge in [-0.1, -0.05) is 44.4 Å². The van der Waals surface area contributed by atoms with E-state index in [0.717, 1.165) is 41.3 Å². The Bertz CT molecular complexity index is 676. The van der Waals surface area contributed by atoms with Crippen molar-refractivity contribution in [1.29, 1.82) is 0 Å². The zero-order valence-corrected chi connectivity index (χ0v) is 16.1. The van der Waals surface area contributed by atoms with Crippen LogP contribution in [0.5, 0.6) is 5.75 Å². The fourth-order valence-corrected chi connectivity index (χ4v) is 2.82. The Kier molecular flexibility index (Phi) is 8.00. The largest absolute Gasteiger partial charge is 0.494 e. The molecule has 0 radical (unpaired) electrons. The number of nitrogens with one attached hydrogen (secondary N) is 2. The van der Waals surface area contributed by atoms with Crippen LogP contribution in [0.3, 0.4) is 0 Å². The Morgan fingerprint density at radius 2 is 1.65 bits per heavy atom. The van der Waals surface area contributed by atoms with Crippen molar-refractivity contribution < 1.29 is 9.53 Å². The molecule has 0 aliphatic rings. The summed E-state index contributed by atoms with van der Waals surface area (Å²) in [6.07, 6.45) is 4.77. The fraction of sp³-hybridized carbons (Fsp3) is 0.409. The molecular weight excluding hydrogens is 324 g/mol. The van der Waals surface area contributed by atoms with E-state index in [2.05, 4.69) is 17.6 Å². The molecule has 4 heteroatoms. The lowest BCUT2D eigenvalue weighted by molar-refractivity contribution is -0.114. The van der Waals surface area contributed by atoms with E-state index in [1.807, 2.05) is 56.3 Å². The lowest BCUT2D eigenvalue weighted by Crippen LogP contribution is -2.22. The molecule has 140 valence electrons. The highest BCUT2D eigenvalue weighted by Crippen LogP contribution is 2.19. The number of aryl methyl sites for hydroxylation is 2. The van der Waals surface area contributed by atoms with Crippen molar-refractivity contribution in [1.82, 2.24) is 0 Å². The number of ether oxygens (including phenoxy) is 1. The van der Waals surface area contributed by atoms with Crippen molar-refractivity contribution in [3.63, 3.8) is 0 Å². The van der Waals surface area contributed by atoms with E-state index in [-0.39, 0.29) is 12.5 Å². The SMILES string of the molecule is CCCCCCOc1ccc(NC(=O)CNc2c(C)cccc2C)cc1. The minimum Gasteiger partial charge on any atom is -0.494 e. The Hall–Kier alpha value is -2.49. The molecule has 0 fully saturated rings. The van der Waals surface area contributed by atoms with E-state index in [1.54, 1.807) is 0 Å². The summed E-state index contributed by atoms with van der Waals surface area (Å²) >= 11 is 0. The molecule has 26 heavy (non-hydrogen) atoms. The van der Waals surface area contributed by atoms with Crippen molar-refractivity contribution in [2.45, 2.75) is 46.5 Å². The van der Waals surface area contributed by atoms with Gasteiger partial charge in [-0.25, -0.2) is 0 Å². The van der Waals surface area contributed by atoms with Crippen molar-refractivity contribution >= 4 is 17.3 Å². The van der Waals surface area contributed by atoms with E-state index in [4.69, 9.17) is 4.74 Å². The third-order valence-electron chi connectivity index (χ3n) is 4.31. The second-order valence-corrected chi connectivity index (χ2v) is 6.60. The van der Waals surface area contributed by atoms with Gasteiger partial charge < -0.3 is 15.4 Å². The summed E-state index contributed by atoms with van der Waals surface area (Å²) in [4.78, 5) is 12.2. The minimum atomic E-state index is -0.0686. The lowest BCUT2D eigenvalue weighted by Gasteiger charge is -2.13. The number of amides is 1. The first-order valence-electron chi connectivity index (χ1n) is 9.43. The molecule has 0 spiro atoms. The van der Waals surface area contributed by atoms with Crippen LogP contribution in [0.1, 0.15) is 43.7 Å². The van der Waals surface area contributed by atoms with Crippen molar-refractivity contribution in [3.05, 3.63) is 53.6 Å². The predicted octanol–water partition coefficient (Wildman–Crippen LogP) is 5.31. The van der Waals surface area contributed by atoms with Crippen molar-refractivity contribution in [3.8, 4) is 5.75 Å². The third kappa shape index (κ3) is 6.43. The standard InChI is InChI=1S/C22H30N2O2/c1-4-5-6-7-15-26-20-13-11-19(12-14-20)24-21(25)16-23-22-17(2)9-8-10-18(22)3/h8-14,23H,4-7,15-16H2,1-3H3,(H,24,25). The van der Waals surface area contributed by atoms with Crippen LogP contribution in [0.4, 0.5) is 11.4 Å². The maximum Gasteiger partial charge on any atom is 0.243 e. The minimum absolute atomic E-state index is 0.0686. The molecule has 0 saturated carbocycles. The Balaban J connectivity index is 1.76. The first-order chi connectivity index (χ1) is 12.6. The Labute approximate surface area is 157 Å². The zero-order valence-electron chi connectivity index (χ0n) is 16.1. The molecule has 2 N–H and O–H groups in total. The molecule has 2 aromatic rings. The number of benzene rings is 2. The highest BCUT2D eigenvalue weighted by molar-refractivity contribution is 5.94. The van der Waals surface area contributed by atoms with Crippen LogP contribution in [0.2, 0.25) is 0 Å². The number of hydrogen-bond acceptors (Lipinski definition) is 3. The van der Waals surface area contributed by atoms with E-state index in [0.29, 0.717) is 0 Å². The van der Waals surface area contributed by atoms with E-state index < -0.39 is 0 Å². The number of rotatable bonds is 10. The van der Waals surface area contributed by atoms with Gasteiger partial charge in [-0.3, -0.25) is 4.79 Å². The maximum atomic E-state index is 12.2. The van der Waals surface area contributed by atoms with Gasteiger partial charge in [0.1, 0.15) is 5.75 Å². The summed E-state index contributed by atoms with van der Waals surface area (Å²) < 4.78 is 5.72. The average molecular weight is 354 g/mol. The molecule has 0 heterocycles. The predicted molar refractivity (Wildman–Crippen MR) is 109 cm³/mol. The number of carbonyl (C=O) groups excluding carboxylic acids is 1. The lowest BCUT2D eigenvalue weighted by atomic mass is 10.1. The van der Waals surface area contributed by atoms with Gasteiger partial charge in [-0.15, -0.1) is 0 Å². The molecule has 0 aliphatic heterocycles. The van der Waals surface area contributed by atoms with Crippen LogP contribution >= 0.6 is 0 Å². The summed E-state index contributed by atoms with van der Waals surface area (Å²) in [5.74, 6) is 0.772. The molecule has 0 unspecified atom stereocenters. The molecule has 0 atom stereocenters. The molecule has 4 nitrogen and oxygen atoms in total. The van der Waals surface area contributed by atoms with Gasteiger partial charge in [0.15, 0.2) is 0 Å². The molecule has 2 aromatic carbocycles. The fourth-order valence-electron chi connectivity index (χ4n) is 2.82. The number of para-hydroxylation sites is 1. The summed E-state index contributed by atoms with van der Waals surface area (Å²) in [6.45, 7) is 7.25. The van der Waals surface area contributed by atoms with Gasteiger partial charge >= 0.3 is 0 Å². The van der Waals surface area contributed by atoms with Gasteiger partial charge in [-0.05, 0) is 55.7 Å². The van der Waals surface area contributed by atoms with Crippen LogP contribution in [0.25, 0.3) is 0 Å². The second-order valence-electron chi connectivity index (χ2n) is 6.60. The highest BCUT2D eigenvalue weighted by atomic mass is 16.5. The quantitative estimate of drug-likeness (QED) is 0.568. The molecular formula is C22H30N2O2. The third-order valence-corrected chi connectivity index (χ3v) is 4.31. The Morgan fingerprint density at radius 3 is 2.31 bits per heavy atom. The van der Waals surface area contributed by atoms with E-state index in [1.165, 1.54) is 19.3 Å². The van der Waals surface area contributed by atoms with Crippen LogP contribution in [0.15, 0.2) is 42.5 Å². The average Bonchev–Trinajstić information content (AvgIpc) is 2.62.